The number of amides is 2. The van der Waals surface area contributed by atoms with Gasteiger partial charge in [-0.15, -0.1) is 29.5 Å². The predicted molar refractivity (Wildman–Crippen MR) is 122 cm³/mol. The Morgan fingerprint density at radius 3 is 2.82 bits per heavy atom. The number of hydrogen-bond acceptors (Lipinski definition) is 10. The van der Waals surface area contributed by atoms with E-state index in [1.165, 1.54) is 17.1 Å². The summed E-state index contributed by atoms with van der Waals surface area (Å²) in [7, 11) is 0. The molecule has 0 aromatic carbocycles. The molecule has 0 aliphatic carbocycles. The van der Waals surface area contributed by atoms with Gasteiger partial charge in [-0.2, -0.15) is 0 Å². The molecule has 13 heteroatoms. The number of carbonyl (C=O) groups excluding carboxylic acids is 3. The van der Waals surface area contributed by atoms with Gasteiger partial charge in [0.2, 0.25) is 0 Å². The number of carboxylic acid groups (broad SMARTS) is 1. The molecule has 0 radical (unpaired) electrons. The number of hydrogen-bond donors (Lipinski definition) is 2. The van der Waals surface area contributed by atoms with E-state index in [0.29, 0.717) is 17.9 Å². The van der Waals surface area contributed by atoms with Gasteiger partial charge in [0.1, 0.15) is 17.1 Å². The highest BCUT2D eigenvalue weighted by atomic mass is 32.2. The molecule has 2 aromatic rings. The van der Waals surface area contributed by atoms with Crippen LogP contribution in [0.1, 0.15) is 5.69 Å². The van der Waals surface area contributed by atoms with E-state index in [1.807, 2.05) is 18.2 Å². The highest BCUT2D eigenvalue weighted by molar-refractivity contribution is 8.00. The number of rotatable bonds is 8. The summed E-state index contributed by atoms with van der Waals surface area (Å²) in [5.41, 5.74) is 5.97. The van der Waals surface area contributed by atoms with Gasteiger partial charge < -0.3 is 25.8 Å². The van der Waals surface area contributed by atoms with Crippen molar-refractivity contribution in [3.05, 3.63) is 52.9 Å². The molecule has 11 nitrogen and oxygen atoms in total. The van der Waals surface area contributed by atoms with Crippen molar-refractivity contribution >= 4 is 51.7 Å². The zero-order chi connectivity index (χ0) is 24.2. The molecule has 3 N–H and O–H groups in total. The topological polar surface area (TPSA) is 154 Å². The number of aromatic nitrogens is 2. The minimum absolute atomic E-state index is 0.162. The van der Waals surface area contributed by atoms with Crippen molar-refractivity contribution in [3.63, 3.8) is 0 Å². The smallest absolute Gasteiger partial charge is 0.276 e. The number of carboxylic acids is 1. The Balaban J connectivity index is 1.53. The third kappa shape index (κ3) is 4.59. The second-order valence-corrected chi connectivity index (χ2v) is 9.13. The Morgan fingerprint density at radius 1 is 1.41 bits per heavy atom. The first-order chi connectivity index (χ1) is 16.4. The van der Waals surface area contributed by atoms with E-state index in [1.54, 1.807) is 17.0 Å². The average Bonchev–Trinajstić information content (AvgIpc) is 3.26. The molecule has 174 valence electrons. The quantitative estimate of drug-likeness (QED) is 0.111. The van der Waals surface area contributed by atoms with Crippen LogP contribution in [-0.4, -0.2) is 57.2 Å². The zero-order valence-electron chi connectivity index (χ0n) is 17.5. The van der Waals surface area contributed by atoms with Crippen LogP contribution in [0.5, 0.6) is 0 Å². The van der Waals surface area contributed by atoms with Crippen molar-refractivity contribution in [2.75, 3.05) is 18.1 Å². The van der Waals surface area contributed by atoms with E-state index >= 15 is 0 Å². The molecular weight excluding hydrogens is 480 g/mol. The Morgan fingerprint density at radius 2 is 2.18 bits per heavy atom. The molecule has 2 aliphatic rings. The van der Waals surface area contributed by atoms with Gasteiger partial charge in [0.05, 0.1) is 11.7 Å². The van der Waals surface area contributed by atoms with E-state index in [9.17, 15) is 19.5 Å². The molecule has 1 saturated heterocycles. The number of aliphatic carboxylic acids is 1. The summed E-state index contributed by atoms with van der Waals surface area (Å²) in [5, 5.41) is 19.4. The molecular formula is C21H18N6O5S2. The van der Waals surface area contributed by atoms with Crippen LogP contribution in [0.4, 0.5) is 5.13 Å². The van der Waals surface area contributed by atoms with Crippen molar-refractivity contribution in [1.29, 1.82) is 0 Å². The molecule has 2 aromatic heterocycles. The van der Waals surface area contributed by atoms with E-state index in [-0.39, 0.29) is 28.8 Å². The maximum absolute atomic E-state index is 12.9. The molecule has 2 aliphatic heterocycles. The summed E-state index contributed by atoms with van der Waals surface area (Å²) in [5.74, 6) is -0.170. The summed E-state index contributed by atoms with van der Waals surface area (Å²) in [4.78, 5) is 47.9. The lowest BCUT2D eigenvalue weighted by molar-refractivity contribution is -0.689. The molecule has 34 heavy (non-hydrogen) atoms. The minimum atomic E-state index is -1.45. The van der Waals surface area contributed by atoms with Gasteiger partial charge in [-0.3, -0.25) is 14.5 Å². The summed E-state index contributed by atoms with van der Waals surface area (Å²) >= 11 is 2.45. The highest BCUT2D eigenvalue weighted by Gasteiger charge is 2.53. The normalized spacial score (nSPS) is 19.7. The Kier molecular flexibility index (Phi) is 6.80. The number of nitrogens with one attached hydrogen (secondary N) is 1. The molecule has 1 fully saturated rings. The number of anilines is 1. The Hall–Kier alpha value is -3.89. The van der Waals surface area contributed by atoms with Crippen molar-refractivity contribution in [3.8, 4) is 12.3 Å². The second-order valence-electron chi connectivity index (χ2n) is 7.14. The molecule has 0 saturated carbocycles. The monoisotopic (exact) mass is 498 g/mol. The summed E-state index contributed by atoms with van der Waals surface area (Å²) in [6, 6.07) is 4.52. The van der Waals surface area contributed by atoms with Gasteiger partial charge in [0, 0.05) is 28.8 Å². The minimum Gasteiger partial charge on any atom is -0.543 e. The van der Waals surface area contributed by atoms with Gasteiger partial charge in [-0.05, 0) is 0 Å². The van der Waals surface area contributed by atoms with Crippen molar-refractivity contribution in [2.45, 2.75) is 18.0 Å². The average molecular weight is 499 g/mol. The number of pyridine rings is 1. The summed E-state index contributed by atoms with van der Waals surface area (Å²) in [6.07, 6.45) is 8.74. The van der Waals surface area contributed by atoms with Crippen LogP contribution < -0.4 is 20.7 Å². The van der Waals surface area contributed by atoms with Crippen LogP contribution in [0.3, 0.4) is 0 Å². The predicted octanol–water partition coefficient (Wildman–Crippen LogP) is -1.53. The fraction of sp³-hybridized carbons (Fsp3) is 0.238. The number of fused-ring (bicyclic) bond motifs is 1. The summed E-state index contributed by atoms with van der Waals surface area (Å²) in [6.45, 7) is 0.117. The lowest BCUT2D eigenvalue weighted by Gasteiger charge is -2.50. The SMILES string of the molecule is C#CCO/N=C(/C(=O)NC1C(=O)N2C(C(=O)[O-])=C(C[n+]3ccccc3)CS[C@H]12)c1csc(N)n1. The zero-order valence-corrected chi connectivity index (χ0v) is 19.2. The van der Waals surface area contributed by atoms with Gasteiger partial charge in [-0.1, -0.05) is 17.1 Å². The van der Waals surface area contributed by atoms with Crippen molar-refractivity contribution in [2.24, 2.45) is 5.16 Å². The third-order valence-electron chi connectivity index (χ3n) is 4.96. The van der Waals surface area contributed by atoms with E-state index in [2.05, 4.69) is 21.4 Å². The Bertz CT molecular complexity index is 1240. The van der Waals surface area contributed by atoms with Crippen LogP contribution in [0.15, 0.2) is 52.4 Å². The van der Waals surface area contributed by atoms with Crippen molar-refractivity contribution < 1.29 is 28.9 Å². The number of β-lactam (4-membered cyclic amide) rings is 1. The van der Waals surface area contributed by atoms with Gasteiger partial charge in [0.25, 0.3) is 11.8 Å². The molecule has 1 unspecified atom stereocenters. The van der Waals surface area contributed by atoms with Crippen molar-refractivity contribution in [1.82, 2.24) is 15.2 Å². The van der Waals surface area contributed by atoms with E-state index in [4.69, 9.17) is 17.0 Å². The number of terminal acetylenes is 1. The third-order valence-corrected chi connectivity index (χ3v) is 6.97. The largest absolute Gasteiger partial charge is 0.543 e. The van der Waals surface area contributed by atoms with Gasteiger partial charge >= 0.3 is 0 Å². The molecule has 4 heterocycles. The number of nitrogens with two attached hydrogens (primary N) is 1. The maximum atomic E-state index is 12.9. The lowest BCUT2D eigenvalue weighted by Crippen LogP contribution is -2.71. The molecule has 0 spiro atoms. The number of nitrogen functional groups attached to an aromatic ring is 1. The molecule has 2 atom stereocenters. The first kappa shape index (κ1) is 23.3. The first-order valence-electron chi connectivity index (χ1n) is 9.88. The van der Waals surface area contributed by atoms with Crippen LogP contribution in [0.25, 0.3) is 0 Å². The Labute approximate surface area is 202 Å². The standard InChI is InChI=1S/C21H18N6O5S2/c1-2-8-32-25-14(13-11-34-21(22)23-13)17(28)24-15-18(29)27-16(20(30)31)12(10-33-19(15)27)9-26-6-4-3-5-7-26/h1,3-7,11,15,19H,8-10H2,(H3-,22,23,24,28,30,31)/b25-14+/t15?,19-/m1/s1. The maximum Gasteiger partial charge on any atom is 0.276 e. The second kappa shape index (κ2) is 9.94. The number of nitrogens with zero attached hydrogens (tertiary/aromatic N) is 4. The summed E-state index contributed by atoms with van der Waals surface area (Å²) < 4.78 is 1.81. The van der Waals surface area contributed by atoms with Gasteiger partial charge in [-0.25, -0.2) is 9.55 Å². The number of carbonyl (C=O) groups is 3. The number of thioether (sulfide) groups is 1. The number of oxime groups is 1. The molecule has 0 bridgehead atoms. The van der Waals surface area contributed by atoms with E-state index in [0.717, 1.165) is 16.2 Å². The first-order valence-corrected chi connectivity index (χ1v) is 11.8. The fourth-order valence-corrected chi connectivity index (χ4v) is 5.38. The van der Waals surface area contributed by atoms with Crippen LogP contribution >= 0.6 is 23.1 Å². The van der Waals surface area contributed by atoms with Gasteiger partial charge in [0.15, 0.2) is 36.4 Å². The van der Waals surface area contributed by atoms with Crippen LogP contribution in [0, 0.1) is 12.3 Å². The highest BCUT2D eigenvalue weighted by Crippen LogP contribution is 2.40. The fourth-order valence-electron chi connectivity index (χ4n) is 3.50. The lowest BCUT2D eigenvalue weighted by atomic mass is 10.0. The van der Waals surface area contributed by atoms with E-state index < -0.39 is 29.2 Å². The molecule has 2 amide bonds. The molecule has 4 rings (SSSR count). The van der Waals surface area contributed by atoms with Crippen LogP contribution in [-0.2, 0) is 25.8 Å². The van der Waals surface area contributed by atoms with Crippen LogP contribution in [0.2, 0.25) is 0 Å². The number of thiazole rings is 1.